The van der Waals surface area contributed by atoms with Gasteiger partial charge in [0.05, 0.1) is 11.3 Å². The van der Waals surface area contributed by atoms with Crippen LogP contribution in [0.25, 0.3) is 0 Å². The van der Waals surface area contributed by atoms with E-state index >= 15 is 0 Å². The molecule has 0 unspecified atom stereocenters. The number of rotatable bonds is 5. The molecule has 5 nitrogen and oxygen atoms in total. The van der Waals surface area contributed by atoms with Gasteiger partial charge in [-0.2, -0.15) is 0 Å². The summed E-state index contributed by atoms with van der Waals surface area (Å²) < 4.78 is 12.2. The maximum Gasteiger partial charge on any atom is 0.213 e. The van der Waals surface area contributed by atoms with Crippen LogP contribution in [0.15, 0.2) is 48.8 Å². The molecule has 2 fully saturated rings. The Kier molecular flexibility index (Phi) is 4.68. The van der Waals surface area contributed by atoms with Crippen LogP contribution < -0.4 is 4.74 Å². The molecule has 0 N–H and O–H groups in total. The summed E-state index contributed by atoms with van der Waals surface area (Å²) >= 11 is 0. The number of pyridine rings is 2. The van der Waals surface area contributed by atoms with Gasteiger partial charge in [-0.1, -0.05) is 12.1 Å². The van der Waals surface area contributed by atoms with E-state index in [0.29, 0.717) is 11.9 Å². The molecule has 2 aliphatic rings. The third-order valence-electron chi connectivity index (χ3n) is 5.67. The summed E-state index contributed by atoms with van der Waals surface area (Å²) in [6.07, 6.45) is 7.92. The van der Waals surface area contributed by atoms with Gasteiger partial charge in [0, 0.05) is 51.1 Å². The molecular formula is C20H25N3O2. The summed E-state index contributed by atoms with van der Waals surface area (Å²) in [5, 5.41) is 0. The van der Waals surface area contributed by atoms with Crippen LogP contribution in [-0.2, 0) is 11.3 Å². The lowest BCUT2D eigenvalue weighted by atomic mass is 9.79. The monoisotopic (exact) mass is 339 g/mol. The summed E-state index contributed by atoms with van der Waals surface area (Å²) in [7, 11) is 1.86. The van der Waals surface area contributed by atoms with Gasteiger partial charge in [0.2, 0.25) is 5.88 Å². The molecule has 25 heavy (non-hydrogen) atoms. The third-order valence-corrected chi connectivity index (χ3v) is 5.67. The van der Waals surface area contributed by atoms with Gasteiger partial charge in [-0.15, -0.1) is 0 Å². The average Bonchev–Trinajstić information content (AvgIpc) is 3.02. The molecule has 2 aromatic heterocycles. The van der Waals surface area contributed by atoms with Crippen molar-refractivity contribution >= 4 is 0 Å². The quantitative estimate of drug-likeness (QED) is 0.838. The maximum absolute atomic E-state index is 6.14. The summed E-state index contributed by atoms with van der Waals surface area (Å²) in [6.45, 7) is 1.91. The number of aromatic nitrogens is 2. The van der Waals surface area contributed by atoms with Gasteiger partial charge in [0.25, 0.3) is 0 Å². The molecule has 3 heterocycles. The fourth-order valence-corrected chi connectivity index (χ4v) is 4.34. The predicted molar refractivity (Wildman–Crippen MR) is 95.3 cm³/mol. The fraction of sp³-hybridized carbons (Fsp3) is 0.500. The minimum absolute atomic E-state index is 0.0429. The molecule has 132 valence electrons. The van der Waals surface area contributed by atoms with Crippen LogP contribution in [-0.4, -0.2) is 46.3 Å². The molecule has 5 heteroatoms. The van der Waals surface area contributed by atoms with Gasteiger partial charge in [0.1, 0.15) is 6.10 Å². The number of nitrogens with zero attached hydrogens (tertiary/aromatic N) is 3. The normalized spacial score (nSPS) is 29.3. The minimum atomic E-state index is -0.0429. The lowest BCUT2D eigenvalue weighted by molar-refractivity contribution is -0.0844. The Bertz CT molecular complexity index is 682. The van der Waals surface area contributed by atoms with Gasteiger partial charge >= 0.3 is 0 Å². The fourth-order valence-electron chi connectivity index (χ4n) is 4.34. The maximum atomic E-state index is 6.14. The number of likely N-dealkylation sites (tertiary alicyclic amines) is 1. The number of ether oxygens (including phenoxy) is 2. The van der Waals surface area contributed by atoms with Crippen molar-refractivity contribution < 1.29 is 9.47 Å². The van der Waals surface area contributed by atoms with Crippen molar-refractivity contribution in [2.45, 2.75) is 50.0 Å². The van der Waals surface area contributed by atoms with Gasteiger partial charge in [0.15, 0.2) is 0 Å². The second-order valence-electron chi connectivity index (χ2n) is 7.01. The molecule has 3 atom stereocenters. The van der Waals surface area contributed by atoms with Crippen LogP contribution in [0.1, 0.15) is 31.4 Å². The second-order valence-corrected chi connectivity index (χ2v) is 7.01. The Hall–Kier alpha value is -1.98. The van der Waals surface area contributed by atoms with E-state index in [1.807, 2.05) is 37.6 Å². The van der Waals surface area contributed by atoms with Crippen molar-refractivity contribution in [1.82, 2.24) is 14.9 Å². The van der Waals surface area contributed by atoms with Crippen molar-refractivity contribution in [3.8, 4) is 5.88 Å². The van der Waals surface area contributed by atoms with Crippen LogP contribution >= 0.6 is 0 Å². The molecule has 1 saturated heterocycles. The molecule has 0 bridgehead atoms. The standard InChI is InChI=1S/C20H25N3O2/c1-24-20-9-8-17(25-19-7-3-5-12-22-19)14-18(20)23(13-10-20)15-16-6-2-4-11-21-16/h2-7,11-12,17-18H,8-10,13-15H2,1H3/t17-,18-,20+/m0/s1. The summed E-state index contributed by atoms with van der Waals surface area (Å²) in [5.74, 6) is 0.715. The van der Waals surface area contributed by atoms with Gasteiger partial charge in [-0.05, 0) is 37.5 Å². The highest BCUT2D eigenvalue weighted by Gasteiger charge is 2.51. The molecule has 2 aromatic rings. The topological polar surface area (TPSA) is 47.5 Å². The van der Waals surface area contributed by atoms with E-state index in [1.165, 1.54) is 0 Å². The van der Waals surface area contributed by atoms with Crippen LogP contribution in [0.2, 0.25) is 0 Å². The first-order valence-electron chi connectivity index (χ1n) is 9.06. The lowest BCUT2D eigenvalue weighted by Crippen LogP contribution is -2.52. The molecular weight excluding hydrogens is 314 g/mol. The first kappa shape index (κ1) is 16.5. The summed E-state index contributed by atoms with van der Waals surface area (Å²) in [4.78, 5) is 11.3. The highest BCUT2D eigenvalue weighted by atomic mass is 16.5. The van der Waals surface area contributed by atoms with Gasteiger partial charge in [-0.25, -0.2) is 4.98 Å². The number of hydrogen-bond donors (Lipinski definition) is 0. The van der Waals surface area contributed by atoms with Crippen molar-refractivity contribution in [2.75, 3.05) is 13.7 Å². The average molecular weight is 339 g/mol. The van der Waals surface area contributed by atoms with Crippen LogP contribution in [0.5, 0.6) is 5.88 Å². The smallest absolute Gasteiger partial charge is 0.213 e. The molecule has 1 saturated carbocycles. The zero-order valence-corrected chi connectivity index (χ0v) is 14.7. The highest BCUT2D eigenvalue weighted by Crippen LogP contribution is 2.43. The van der Waals surface area contributed by atoms with Crippen molar-refractivity contribution in [2.24, 2.45) is 0 Å². The Balaban J connectivity index is 1.48. The number of methoxy groups -OCH3 is 1. The minimum Gasteiger partial charge on any atom is -0.474 e. The van der Waals surface area contributed by atoms with Crippen LogP contribution in [0.4, 0.5) is 0 Å². The molecule has 0 radical (unpaired) electrons. The molecule has 1 aliphatic heterocycles. The van der Waals surface area contributed by atoms with Gasteiger partial charge < -0.3 is 9.47 Å². The van der Waals surface area contributed by atoms with Crippen molar-refractivity contribution in [1.29, 1.82) is 0 Å². The van der Waals surface area contributed by atoms with E-state index in [-0.39, 0.29) is 11.7 Å². The molecule has 4 rings (SSSR count). The largest absolute Gasteiger partial charge is 0.474 e. The highest BCUT2D eigenvalue weighted by molar-refractivity contribution is 5.13. The van der Waals surface area contributed by atoms with E-state index in [4.69, 9.17) is 9.47 Å². The first-order valence-corrected chi connectivity index (χ1v) is 9.06. The molecule has 0 aromatic carbocycles. The Morgan fingerprint density at radius 1 is 1.12 bits per heavy atom. The van der Waals surface area contributed by atoms with E-state index in [9.17, 15) is 0 Å². The van der Waals surface area contributed by atoms with E-state index in [0.717, 1.165) is 44.5 Å². The van der Waals surface area contributed by atoms with Crippen molar-refractivity contribution in [3.05, 3.63) is 54.5 Å². The molecule has 0 spiro atoms. The second kappa shape index (κ2) is 7.10. The molecule has 1 aliphatic carbocycles. The number of fused-ring (bicyclic) bond motifs is 1. The first-order chi connectivity index (χ1) is 12.3. The van der Waals surface area contributed by atoms with Gasteiger partial charge in [-0.3, -0.25) is 9.88 Å². The summed E-state index contributed by atoms with van der Waals surface area (Å²) in [5.41, 5.74) is 1.07. The van der Waals surface area contributed by atoms with Crippen LogP contribution in [0.3, 0.4) is 0 Å². The van der Waals surface area contributed by atoms with E-state index < -0.39 is 0 Å². The Morgan fingerprint density at radius 2 is 1.96 bits per heavy atom. The molecule has 0 amide bonds. The van der Waals surface area contributed by atoms with E-state index in [1.54, 1.807) is 6.20 Å². The lowest BCUT2D eigenvalue weighted by Gasteiger charge is -2.43. The zero-order valence-electron chi connectivity index (χ0n) is 14.7. The summed E-state index contributed by atoms with van der Waals surface area (Å²) in [6, 6.07) is 12.3. The Labute approximate surface area is 149 Å². The number of hydrogen-bond acceptors (Lipinski definition) is 5. The van der Waals surface area contributed by atoms with Crippen LogP contribution in [0, 0.1) is 0 Å². The zero-order chi connectivity index (χ0) is 17.1. The Morgan fingerprint density at radius 3 is 2.68 bits per heavy atom. The SMILES string of the molecule is CO[C@@]12CC[C@H](Oc3ccccn3)C[C@@H]1N(Cc1ccccn1)CC2. The third kappa shape index (κ3) is 3.39. The predicted octanol–water partition coefficient (Wildman–Crippen LogP) is 3.07. The van der Waals surface area contributed by atoms with Crippen molar-refractivity contribution in [3.63, 3.8) is 0 Å². The van der Waals surface area contributed by atoms with E-state index in [2.05, 4.69) is 27.0 Å².